The summed E-state index contributed by atoms with van der Waals surface area (Å²) >= 11 is 2.82. The average Bonchev–Trinajstić information content (AvgIpc) is 1.16. The van der Waals surface area contributed by atoms with E-state index in [1.807, 2.05) is 27.7 Å². The van der Waals surface area contributed by atoms with E-state index < -0.39 is 16.5 Å². The minimum atomic E-state index is -1.72. The molecule has 10 rings (SSSR count). The molecule has 0 aliphatic carbocycles. The summed E-state index contributed by atoms with van der Waals surface area (Å²) in [6.07, 6.45) is 0. The van der Waals surface area contributed by atoms with Gasteiger partial charge in [-0.3, -0.25) is 0 Å². The number of ether oxygens (including phenoxy) is 2. The van der Waals surface area contributed by atoms with Crippen LogP contribution in [0, 0.1) is 13.8 Å². The van der Waals surface area contributed by atoms with Gasteiger partial charge in [-0.1, -0.05) is 0 Å². The van der Waals surface area contributed by atoms with Crippen molar-refractivity contribution < 1.29 is 60.9 Å². The monoisotopic (exact) mass is 1360 g/mol. The Bertz CT molecular complexity index is 2990. The van der Waals surface area contributed by atoms with Crippen molar-refractivity contribution in [2.75, 3.05) is 33.5 Å². The van der Waals surface area contributed by atoms with Gasteiger partial charge in [-0.15, -0.1) is 0 Å². The molecule has 9 heteroatoms. The Kier molecular flexibility index (Phi) is 30.2. The van der Waals surface area contributed by atoms with E-state index in [0.29, 0.717) is 0 Å². The summed E-state index contributed by atoms with van der Waals surface area (Å²) in [5.74, 6) is 0.586. The van der Waals surface area contributed by atoms with Crippen LogP contribution in [0.1, 0.15) is 129 Å². The summed E-state index contributed by atoms with van der Waals surface area (Å²) < 4.78 is 15.1. The Morgan fingerprint density at radius 3 is 0.652 bits per heavy atom. The number of anilines is 2. The summed E-state index contributed by atoms with van der Waals surface area (Å²) in [7, 11) is -3.40. The number of hydrogen-bond donors (Lipinski definition) is 0. The fraction of sp³-hybridized carbons (Fsp3) is 0.250. The predicted molar refractivity (Wildman–Crippen MR) is 389 cm³/mol. The van der Waals surface area contributed by atoms with Crippen molar-refractivity contribution in [3.05, 3.63) is 345 Å². The molecule has 0 saturated carbocycles. The van der Waals surface area contributed by atoms with E-state index in [2.05, 4.69) is 327 Å². The Balaban J connectivity index is 0.000000244. The molecular weight excluding hydrogens is 1260 g/mol. The largest absolute Gasteiger partial charge is 1.00 e. The molecule has 4 nitrogen and oxygen atoms in total. The van der Waals surface area contributed by atoms with Crippen LogP contribution in [0.5, 0.6) is 0 Å². The van der Waals surface area contributed by atoms with Gasteiger partial charge in [-0.25, -0.2) is 0 Å². The molecule has 10 aromatic rings. The fourth-order valence-corrected chi connectivity index (χ4v) is 14.8. The van der Waals surface area contributed by atoms with Gasteiger partial charge >= 0.3 is 541 Å². The second kappa shape index (κ2) is 36.8. The Labute approximate surface area is 598 Å². The maximum atomic E-state index is 4.83. The molecule has 0 atom stereocenters. The molecule has 3 radical (unpaired) electrons. The van der Waals surface area contributed by atoms with Crippen LogP contribution in [0.2, 0.25) is 39.3 Å². The van der Waals surface area contributed by atoms with Crippen molar-refractivity contribution in [2.24, 2.45) is 0 Å². The second-order valence-corrected chi connectivity index (χ2v) is 38.8. The second-order valence-electron chi connectivity index (χ2n) is 24.3. The zero-order valence-electron chi connectivity index (χ0n) is 55.5. The van der Waals surface area contributed by atoms with Crippen LogP contribution in [0.4, 0.5) is 11.4 Å². The molecule has 89 heavy (non-hydrogen) atoms. The van der Waals surface area contributed by atoms with Crippen LogP contribution < -0.4 is 58.4 Å². The van der Waals surface area contributed by atoms with Crippen LogP contribution in [-0.4, -0.2) is 76.4 Å². The van der Waals surface area contributed by atoms with Crippen LogP contribution in [0.3, 0.4) is 0 Å². The predicted octanol–water partition coefficient (Wildman–Crippen LogP) is 16.4. The molecule has 0 aliphatic heterocycles. The first-order chi connectivity index (χ1) is 42.5. The topological polar surface area (TPSA) is 24.9 Å². The molecule has 0 aliphatic rings. The van der Waals surface area contributed by atoms with Crippen molar-refractivity contribution in [1.29, 1.82) is 0 Å². The SMILES string of the molecule is CCOCC.CCOCC.Cc1cc(C(c2ccccc2)c2ccccc2)c([N]([GeH2])[Si](C)(C)C)c(C(c2ccccc2)c2ccccc2)c1.Cc1cc(C(c2ccccc2)c2ccccc2)c([N]([GeH])[Si](C)(C)C)c(C(c2ccccc2)c2ccccc2)c1.[K+]. The summed E-state index contributed by atoms with van der Waals surface area (Å²) in [5, 5.41) is 0. The van der Waals surface area contributed by atoms with Crippen LogP contribution in [-0.2, 0) is 9.47 Å². The summed E-state index contributed by atoms with van der Waals surface area (Å²) in [6, 6.07) is 98.2. The van der Waals surface area contributed by atoms with Crippen LogP contribution >= 0.6 is 0 Å². The standard InChI is InChI=1S/C36H38GeNSi.C36H37GeNSi.2C4H10O.K/c2*1-27-25-32(34(28-17-9-5-10-18-28)29-19-11-6-12-20-29)36(38(37)39(2,3)4)33(26-27)35(30-21-13-7-14-22-30)31-23-15-8-16-24-31;2*1-3-5-4-2;/h5-26,34-35H,37H2,1-4H3;5-26,34-35,37H,1-4H3;2*3-4H2,1-2H3;/q;;;;+1. The van der Waals surface area contributed by atoms with Gasteiger partial charge in [0.25, 0.3) is 0 Å². The van der Waals surface area contributed by atoms with E-state index in [9.17, 15) is 0 Å². The number of hydrogen-bond acceptors (Lipinski definition) is 4. The van der Waals surface area contributed by atoms with E-state index in [1.54, 1.807) is 16.7 Å². The first-order valence-corrected chi connectivity index (χ1v) is 40.8. The van der Waals surface area contributed by atoms with Gasteiger partial charge in [0.05, 0.1) is 0 Å². The smallest absolute Gasteiger partial charge is 1.00 e. The molecule has 0 bridgehead atoms. The van der Waals surface area contributed by atoms with E-state index in [0.717, 1.165) is 43.2 Å². The van der Waals surface area contributed by atoms with Crippen molar-refractivity contribution in [1.82, 2.24) is 0 Å². The van der Waals surface area contributed by atoms with Crippen LogP contribution in [0.25, 0.3) is 0 Å². The summed E-state index contributed by atoms with van der Waals surface area (Å²) in [5.41, 5.74) is 21.7. The first kappa shape index (κ1) is 72.9. The molecule has 10 aromatic carbocycles. The molecule has 0 spiro atoms. The van der Waals surface area contributed by atoms with E-state index >= 15 is 0 Å². The third kappa shape index (κ3) is 20.4. The third-order valence-electron chi connectivity index (χ3n) is 15.8. The van der Waals surface area contributed by atoms with Crippen molar-refractivity contribution >= 4 is 61.3 Å². The summed E-state index contributed by atoms with van der Waals surface area (Å²) in [4.78, 5) is 0. The normalized spacial score (nSPS) is 11.2. The molecule has 0 N–H and O–H groups in total. The van der Waals surface area contributed by atoms with Crippen LogP contribution in [0.15, 0.2) is 267 Å². The quantitative estimate of drug-likeness (QED) is 0.0561. The van der Waals surface area contributed by atoms with Gasteiger partial charge in [-0.05, 0) is 27.7 Å². The third-order valence-corrected chi connectivity index (χ3v) is 31.4. The van der Waals surface area contributed by atoms with Gasteiger partial charge in [0.15, 0.2) is 0 Å². The molecule has 0 unspecified atom stereocenters. The Hall–Kier alpha value is -5.12. The molecular formula is C80H95Ge2KN2O2Si2+. The molecule has 0 saturated heterocycles. The van der Waals surface area contributed by atoms with Crippen molar-refractivity contribution in [2.45, 2.75) is 104 Å². The van der Waals surface area contributed by atoms with Crippen molar-refractivity contribution in [3.63, 3.8) is 0 Å². The zero-order chi connectivity index (χ0) is 63.1. The van der Waals surface area contributed by atoms with E-state index in [4.69, 9.17) is 9.47 Å². The van der Waals surface area contributed by atoms with E-state index in [1.165, 1.54) is 89.3 Å². The summed E-state index contributed by atoms with van der Waals surface area (Å²) in [6.45, 7) is 30.7. The Morgan fingerprint density at radius 1 is 0.326 bits per heavy atom. The Morgan fingerprint density at radius 2 is 0.506 bits per heavy atom. The molecule has 0 fully saturated rings. The number of benzene rings is 10. The molecule has 0 amide bonds. The first-order valence-electron chi connectivity index (χ1n) is 31.5. The minimum absolute atomic E-state index is 0. The molecule has 453 valence electrons. The maximum absolute atomic E-state index is 4.83. The van der Waals surface area contributed by atoms with Gasteiger partial charge < -0.3 is 9.47 Å². The fourth-order valence-electron chi connectivity index (χ4n) is 11.6. The molecule has 0 heterocycles. The maximum Gasteiger partial charge on any atom is 1.00 e. The number of rotatable bonds is 20. The van der Waals surface area contributed by atoms with Gasteiger partial charge in [0, 0.05) is 26.4 Å². The zero-order valence-corrected chi connectivity index (χ0v) is 66.0. The van der Waals surface area contributed by atoms with Gasteiger partial charge in [-0.2, -0.15) is 0 Å². The van der Waals surface area contributed by atoms with E-state index in [-0.39, 0.29) is 75.1 Å². The molecule has 0 aromatic heterocycles. The minimum Gasteiger partial charge on any atom is 1.00 e. The van der Waals surface area contributed by atoms with Gasteiger partial charge in [0.1, 0.15) is 0 Å². The van der Waals surface area contributed by atoms with Gasteiger partial charge in [0.2, 0.25) is 0 Å². The number of nitrogens with zero attached hydrogens (tertiary/aromatic N) is 2. The number of aryl methyl sites for hydroxylation is 2. The average molecular weight is 1360 g/mol. The van der Waals surface area contributed by atoms with Crippen molar-refractivity contribution in [3.8, 4) is 0 Å².